The van der Waals surface area contributed by atoms with Crippen molar-refractivity contribution in [2.45, 2.75) is 38.7 Å². The fraction of sp³-hybridized carbons (Fsp3) is 0.538. The van der Waals surface area contributed by atoms with E-state index in [4.69, 9.17) is 4.74 Å². The molecule has 0 spiro atoms. The smallest absolute Gasteiger partial charge is 0.120 e. The summed E-state index contributed by atoms with van der Waals surface area (Å²) in [7, 11) is 0. The van der Waals surface area contributed by atoms with Crippen molar-refractivity contribution in [3.05, 3.63) is 28.7 Å². The molecule has 0 aliphatic carbocycles. The van der Waals surface area contributed by atoms with Gasteiger partial charge in [0.05, 0.1) is 12.2 Å². The van der Waals surface area contributed by atoms with Gasteiger partial charge in [-0.25, -0.2) is 0 Å². The Morgan fingerprint density at radius 3 is 2.81 bits per heavy atom. The van der Waals surface area contributed by atoms with Crippen LogP contribution in [0.3, 0.4) is 0 Å². The number of rotatable bonds is 6. The monoisotopic (exact) mass is 286 g/mol. The summed E-state index contributed by atoms with van der Waals surface area (Å²) < 4.78 is 6.60. The van der Waals surface area contributed by atoms with Crippen LogP contribution in [-0.4, -0.2) is 17.3 Å². The van der Waals surface area contributed by atoms with Crippen LogP contribution in [-0.2, 0) is 0 Å². The lowest BCUT2D eigenvalue weighted by molar-refractivity contribution is 0.0410. The molecule has 3 heteroatoms. The molecule has 16 heavy (non-hydrogen) atoms. The predicted octanol–water partition coefficient (Wildman–Crippen LogP) is 3.77. The molecular weight excluding hydrogens is 268 g/mol. The SMILES string of the molecule is CCC(C)(O)CCCOc1cccc(Br)c1. The number of hydrogen-bond acceptors (Lipinski definition) is 2. The van der Waals surface area contributed by atoms with E-state index >= 15 is 0 Å². The summed E-state index contributed by atoms with van der Waals surface area (Å²) in [6, 6.07) is 7.79. The summed E-state index contributed by atoms with van der Waals surface area (Å²) in [6.07, 6.45) is 2.43. The molecule has 0 aliphatic heterocycles. The first-order valence-electron chi connectivity index (χ1n) is 5.64. The predicted molar refractivity (Wildman–Crippen MR) is 69.8 cm³/mol. The second kappa shape index (κ2) is 6.26. The molecule has 0 aromatic heterocycles. The van der Waals surface area contributed by atoms with Crippen LogP contribution in [0, 0.1) is 0 Å². The van der Waals surface area contributed by atoms with E-state index in [9.17, 15) is 5.11 Å². The largest absolute Gasteiger partial charge is 0.494 e. The molecule has 2 nitrogen and oxygen atoms in total. The van der Waals surface area contributed by atoms with Crippen LogP contribution in [0.4, 0.5) is 0 Å². The zero-order valence-corrected chi connectivity index (χ0v) is 11.5. The summed E-state index contributed by atoms with van der Waals surface area (Å²) >= 11 is 3.39. The fourth-order valence-electron chi connectivity index (χ4n) is 1.38. The van der Waals surface area contributed by atoms with Gasteiger partial charge in [0, 0.05) is 4.47 Å². The molecule has 0 saturated carbocycles. The minimum absolute atomic E-state index is 0.555. The highest BCUT2D eigenvalue weighted by Crippen LogP contribution is 2.19. The lowest BCUT2D eigenvalue weighted by Gasteiger charge is -2.20. The van der Waals surface area contributed by atoms with Crippen LogP contribution in [0.2, 0.25) is 0 Å². The van der Waals surface area contributed by atoms with Crippen molar-refractivity contribution in [3.8, 4) is 5.75 Å². The molecule has 0 heterocycles. The van der Waals surface area contributed by atoms with Gasteiger partial charge in [0.1, 0.15) is 5.75 Å². The summed E-state index contributed by atoms with van der Waals surface area (Å²) in [6.45, 7) is 4.51. The molecule has 0 radical (unpaired) electrons. The Balaban J connectivity index is 2.26. The van der Waals surface area contributed by atoms with E-state index in [2.05, 4.69) is 15.9 Å². The number of ether oxygens (including phenoxy) is 1. The average Bonchev–Trinajstić information content (AvgIpc) is 2.25. The standard InChI is InChI=1S/C13H19BrO2/c1-3-13(2,15)8-5-9-16-12-7-4-6-11(14)10-12/h4,6-7,10,15H,3,5,8-9H2,1-2H3. The molecule has 1 rings (SSSR count). The summed E-state index contributed by atoms with van der Waals surface area (Å²) in [5.41, 5.74) is -0.555. The number of hydrogen-bond donors (Lipinski definition) is 1. The topological polar surface area (TPSA) is 29.5 Å². The molecule has 90 valence electrons. The van der Waals surface area contributed by atoms with E-state index < -0.39 is 5.60 Å². The quantitative estimate of drug-likeness (QED) is 0.807. The van der Waals surface area contributed by atoms with E-state index in [1.165, 1.54) is 0 Å². The molecule has 1 aromatic carbocycles. The number of halogens is 1. The van der Waals surface area contributed by atoms with Gasteiger partial charge >= 0.3 is 0 Å². The van der Waals surface area contributed by atoms with Crippen molar-refractivity contribution < 1.29 is 9.84 Å². The van der Waals surface area contributed by atoms with Gasteiger partial charge < -0.3 is 9.84 Å². The van der Waals surface area contributed by atoms with Gasteiger partial charge in [-0.15, -0.1) is 0 Å². The first-order valence-corrected chi connectivity index (χ1v) is 6.43. The highest BCUT2D eigenvalue weighted by Gasteiger charge is 2.16. The van der Waals surface area contributed by atoms with Crippen molar-refractivity contribution >= 4 is 15.9 Å². The van der Waals surface area contributed by atoms with Gasteiger partial charge in [0.2, 0.25) is 0 Å². The van der Waals surface area contributed by atoms with Crippen LogP contribution < -0.4 is 4.74 Å². The van der Waals surface area contributed by atoms with Gasteiger partial charge in [-0.05, 0) is 44.4 Å². The normalized spacial score (nSPS) is 14.5. The number of aliphatic hydroxyl groups is 1. The van der Waals surface area contributed by atoms with Crippen LogP contribution in [0.5, 0.6) is 5.75 Å². The summed E-state index contributed by atoms with van der Waals surface area (Å²) in [5, 5.41) is 9.80. The molecule has 0 bridgehead atoms. The van der Waals surface area contributed by atoms with E-state index in [0.29, 0.717) is 6.61 Å². The molecule has 1 aromatic rings. The van der Waals surface area contributed by atoms with Gasteiger partial charge in [0.15, 0.2) is 0 Å². The zero-order valence-electron chi connectivity index (χ0n) is 9.87. The van der Waals surface area contributed by atoms with Crippen molar-refractivity contribution in [1.29, 1.82) is 0 Å². The van der Waals surface area contributed by atoms with E-state index in [-0.39, 0.29) is 0 Å². The second-order valence-electron chi connectivity index (χ2n) is 4.26. The number of benzene rings is 1. The Labute approximate surface area is 106 Å². The molecule has 0 saturated heterocycles. The maximum atomic E-state index is 9.80. The molecule has 1 unspecified atom stereocenters. The highest BCUT2D eigenvalue weighted by molar-refractivity contribution is 9.10. The third-order valence-corrected chi connectivity index (χ3v) is 3.18. The minimum Gasteiger partial charge on any atom is -0.494 e. The van der Waals surface area contributed by atoms with Crippen molar-refractivity contribution in [1.82, 2.24) is 0 Å². The zero-order chi connectivity index (χ0) is 12.0. The van der Waals surface area contributed by atoms with Crippen molar-refractivity contribution in [3.63, 3.8) is 0 Å². The molecule has 0 aliphatic rings. The van der Waals surface area contributed by atoms with Crippen LogP contribution in [0.1, 0.15) is 33.1 Å². The maximum Gasteiger partial charge on any atom is 0.120 e. The van der Waals surface area contributed by atoms with Gasteiger partial charge in [-0.3, -0.25) is 0 Å². The maximum absolute atomic E-state index is 9.80. The molecule has 1 atom stereocenters. The minimum atomic E-state index is -0.555. The Kier molecular flexibility index (Phi) is 5.29. The van der Waals surface area contributed by atoms with Crippen LogP contribution in [0.25, 0.3) is 0 Å². The average molecular weight is 287 g/mol. The Morgan fingerprint density at radius 1 is 1.44 bits per heavy atom. The molecular formula is C13H19BrO2. The highest BCUT2D eigenvalue weighted by atomic mass is 79.9. The van der Waals surface area contributed by atoms with Crippen molar-refractivity contribution in [2.24, 2.45) is 0 Å². The Hall–Kier alpha value is -0.540. The van der Waals surface area contributed by atoms with Crippen LogP contribution in [0.15, 0.2) is 28.7 Å². The van der Waals surface area contributed by atoms with E-state index in [1.807, 2.05) is 38.1 Å². The Morgan fingerprint density at radius 2 is 2.19 bits per heavy atom. The third-order valence-electron chi connectivity index (χ3n) is 2.69. The van der Waals surface area contributed by atoms with Crippen LogP contribution >= 0.6 is 15.9 Å². The molecule has 0 amide bonds. The van der Waals surface area contributed by atoms with Gasteiger partial charge in [-0.2, -0.15) is 0 Å². The fourth-order valence-corrected chi connectivity index (χ4v) is 1.75. The summed E-state index contributed by atoms with van der Waals surface area (Å²) in [4.78, 5) is 0. The summed E-state index contributed by atoms with van der Waals surface area (Å²) in [5.74, 6) is 0.866. The van der Waals surface area contributed by atoms with E-state index in [1.54, 1.807) is 0 Å². The first kappa shape index (κ1) is 13.5. The lowest BCUT2D eigenvalue weighted by atomic mass is 9.98. The first-order chi connectivity index (χ1) is 7.53. The Bertz CT molecular complexity index is 323. The lowest BCUT2D eigenvalue weighted by Crippen LogP contribution is -2.23. The molecule has 0 fully saturated rings. The molecule has 1 N–H and O–H groups in total. The van der Waals surface area contributed by atoms with Crippen molar-refractivity contribution in [2.75, 3.05) is 6.61 Å². The van der Waals surface area contributed by atoms with E-state index in [0.717, 1.165) is 29.5 Å². The third kappa shape index (κ3) is 4.99. The van der Waals surface area contributed by atoms with Gasteiger partial charge in [0.25, 0.3) is 0 Å². The van der Waals surface area contributed by atoms with Gasteiger partial charge in [-0.1, -0.05) is 28.9 Å². The second-order valence-corrected chi connectivity index (χ2v) is 5.18.